The Hall–Kier alpha value is -1.36. The Labute approximate surface area is 94.8 Å². The van der Waals surface area contributed by atoms with Crippen molar-refractivity contribution < 1.29 is 4.79 Å². The molecule has 1 fully saturated rings. The Balaban J connectivity index is 1.60. The molecule has 1 aromatic rings. The molecule has 0 aromatic carbocycles. The number of nitrogens with two attached hydrogens (primary N) is 1. The van der Waals surface area contributed by atoms with Crippen LogP contribution < -0.4 is 11.1 Å². The van der Waals surface area contributed by atoms with Crippen LogP contribution in [-0.4, -0.2) is 28.5 Å². The van der Waals surface area contributed by atoms with E-state index in [0.717, 1.165) is 12.2 Å². The largest absolute Gasteiger partial charge is 0.356 e. The first-order valence-electron chi connectivity index (χ1n) is 5.76. The van der Waals surface area contributed by atoms with E-state index >= 15 is 0 Å². The van der Waals surface area contributed by atoms with E-state index in [0.29, 0.717) is 18.9 Å². The summed E-state index contributed by atoms with van der Waals surface area (Å²) in [4.78, 5) is 18.6. The Morgan fingerprint density at radius 2 is 2.50 bits per heavy atom. The number of hydrogen-bond acceptors (Lipinski definition) is 3. The van der Waals surface area contributed by atoms with Crippen LogP contribution in [0.2, 0.25) is 0 Å². The van der Waals surface area contributed by atoms with Gasteiger partial charge in [0.15, 0.2) is 0 Å². The van der Waals surface area contributed by atoms with Gasteiger partial charge in [-0.3, -0.25) is 4.79 Å². The molecule has 1 unspecified atom stereocenters. The van der Waals surface area contributed by atoms with Crippen LogP contribution in [0.3, 0.4) is 0 Å². The summed E-state index contributed by atoms with van der Waals surface area (Å²) in [6.07, 6.45) is 7.03. The maximum absolute atomic E-state index is 11.5. The first-order chi connectivity index (χ1) is 7.75. The second-order valence-corrected chi connectivity index (χ2v) is 4.34. The lowest BCUT2D eigenvalue weighted by molar-refractivity contribution is -0.121. The third kappa shape index (κ3) is 3.34. The summed E-state index contributed by atoms with van der Waals surface area (Å²) >= 11 is 0. The van der Waals surface area contributed by atoms with Gasteiger partial charge in [-0.05, 0) is 18.8 Å². The minimum Gasteiger partial charge on any atom is -0.356 e. The molecule has 1 aliphatic rings. The number of rotatable bonds is 6. The lowest BCUT2D eigenvalue weighted by atomic mass is 10.1. The quantitative estimate of drug-likeness (QED) is 0.642. The number of nitrogens with zero attached hydrogens (tertiary/aromatic N) is 1. The summed E-state index contributed by atoms with van der Waals surface area (Å²) in [6.45, 7) is 0.615. The number of aromatic nitrogens is 2. The number of amides is 1. The minimum atomic E-state index is 0.0450. The van der Waals surface area contributed by atoms with E-state index in [1.54, 1.807) is 12.4 Å². The van der Waals surface area contributed by atoms with Crippen molar-refractivity contribution in [2.75, 3.05) is 6.54 Å². The lowest BCUT2D eigenvalue weighted by Crippen LogP contribution is -2.33. The molecule has 0 saturated heterocycles. The zero-order valence-electron chi connectivity index (χ0n) is 9.28. The number of carbonyl (C=O) groups is 1. The third-order valence-corrected chi connectivity index (χ3v) is 2.89. The monoisotopic (exact) mass is 222 g/mol. The molecule has 5 nitrogen and oxygen atoms in total. The topological polar surface area (TPSA) is 83.8 Å². The van der Waals surface area contributed by atoms with E-state index in [4.69, 9.17) is 5.73 Å². The number of imidazole rings is 1. The third-order valence-electron chi connectivity index (χ3n) is 2.89. The summed E-state index contributed by atoms with van der Waals surface area (Å²) in [5.74, 6) is 1.52. The normalized spacial score (nSPS) is 17.1. The van der Waals surface area contributed by atoms with Crippen LogP contribution in [0.15, 0.2) is 12.4 Å². The second kappa shape index (κ2) is 5.12. The average Bonchev–Trinajstić information content (AvgIpc) is 2.98. The molecule has 1 aliphatic carbocycles. The molecule has 0 radical (unpaired) electrons. The zero-order valence-corrected chi connectivity index (χ0v) is 9.28. The van der Waals surface area contributed by atoms with Crippen molar-refractivity contribution in [2.24, 2.45) is 11.7 Å². The van der Waals surface area contributed by atoms with Gasteiger partial charge in [-0.25, -0.2) is 4.98 Å². The Bertz CT molecular complexity index is 332. The van der Waals surface area contributed by atoms with Crippen LogP contribution in [0, 0.1) is 5.92 Å². The van der Waals surface area contributed by atoms with Crippen molar-refractivity contribution >= 4 is 5.91 Å². The number of H-pyrrole nitrogens is 1. The Kier molecular flexibility index (Phi) is 3.56. The van der Waals surface area contributed by atoms with Crippen molar-refractivity contribution in [1.82, 2.24) is 15.3 Å². The number of aromatic amines is 1. The van der Waals surface area contributed by atoms with Gasteiger partial charge in [0.1, 0.15) is 5.82 Å². The van der Waals surface area contributed by atoms with Gasteiger partial charge in [-0.1, -0.05) is 0 Å². The van der Waals surface area contributed by atoms with Gasteiger partial charge >= 0.3 is 0 Å². The van der Waals surface area contributed by atoms with Crippen molar-refractivity contribution in [1.29, 1.82) is 0 Å². The molecule has 1 atom stereocenters. The summed E-state index contributed by atoms with van der Waals surface area (Å²) in [6, 6.07) is 0.0450. The van der Waals surface area contributed by atoms with Gasteiger partial charge in [0.05, 0.1) is 0 Å². The molecular weight excluding hydrogens is 204 g/mol. The van der Waals surface area contributed by atoms with Crippen molar-refractivity contribution in [3.05, 3.63) is 18.2 Å². The highest BCUT2D eigenvalue weighted by Gasteiger charge is 2.29. The second-order valence-electron chi connectivity index (χ2n) is 4.34. The maximum Gasteiger partial charge on any atom is 0.221 e. The van der Waals surface area contributed by atoms with Gasteiger partial charge in [-0.15, -0.1) is 0 Å². The van der Waals surface area contributed by atoms with Crippen LogP contribution in [-0.2, 0) is 11.2 Å². The fourth-order valence-corrected chi connectivity index (χ4v) is 1.73. The molecule has 1 amide bonds. The van der Waals surface area contributed by atoms with Gasteiger partial charge in [0.25, 0.3) is 0 Å². The molecule has 1 heterocycles. The van der Waals surface area contributed by atoms with Crippen molar-refractivity contribution in [2.45, 2.75) is 31.7 Å². The summed E-state index contributed by atoms with van der Waals surface area (Å²) in [5.41, 5.74) is 5.87. The highest BCUT2D eigenvalue weighted by molar-refractivity contribution is 5.76. The molecular formula is C11H18N4O. The maximum atomic E-state index is 11.5. The lowest BCUT2D eigenvalue weighted by Gasteiger charge is -2.09. The minimum absolute atomic E-state index is 0.0450. The van der Waals surface area contributed by atoms with E-state index < -0.39 is 0 Å². The summed E-state index contributed by atoms with van der Waals surface area (Å²) in [5, 5.41) is 2.86. The van der Waals surface area contributed by atoms with E-state index in [-0.39, 0.29) is 11.9 Å². The van der Waals surface area contributed by atoms with E-state index in [1.807, 2.05) is 0 Å². The van der Waals surface area contributed by atoms with E-state index in [2.05, 4.69) is 15.3 Å². The number of carbonyl (C=O) groups excluding carboxylic acids is 1. The number of hydrogen-bond donors (Lipinski definition) is 3. The van der Waals surface area contributed by atoms with Crippen molar-refractivity contribution in [3.63, 3.8) is 0 Å². The van der Waals surface area contributed by atoms with Gasteiger partial charge < -0.3 is 16.0 Å². The molecule has 1 saturated carbocycles. The summed E-state index contributed by atoms with van der Waals surface area (Å²) in [7, 11) is 0. The SMILES string of the molecule is NC(CC(=O)NCCc1ncc[nH]1)C1CC1. The summed E-state index contributed by atoms with van der Waals surface area (Å²) < 4.78 is 0. The fourth-order valence-electron chi connectivity index (χ4n) is 1.73. The van der Waals surface area contributed by atoms with Gasteiger partial charge in [0, 0.05) is 37.8 Å². The smallest absolute Gasteiger partial charge is 0.221 e. The molecule has 4 N–H and O–H groups in total. The van der Waals surface area contributed by atoms with Crippen LogP contribution >= 0.6 is 0 Å². The fraction of sp³-hybridized carbons (Fsp3) is 0.636. The van der Waals surface area contributed by atoms with Crippen LogP contribution in [0.5, 0.6) is 0 Å². The molecule has 2 rings (SSSR count). The predicted octanol–water partition coefficient (Wildman–Crippen LogP) is 0.196. The van der Waals surface area contributed by atoms with Crippen LogP contribution in [0.1, 0.15) is 25.1 Å². The molecule has 0 aliphatic heterocycles. The molecule has 0 spiro atoms. The molecule has 1 aromatic heterocycles. The molecule has 5 heteroatoms. The van der Waals surface area contributed by atoms with Gasteiger partial charge in [0.2, 0.25) is 5.91 Å². The Morgan fingerprint density at radius 3 is 3.12 bits per heavy atom. The first-order valence-corrected chi connectivity index (χ1v) is 5.76. The number of nitrogens with one attached hydrogen (secondary N) is 2. The highest BCUT2D eigenvalue weighted by atomic mass is 16.1. The first kappa shape index (κ1) is 11.1. The van der Waals surface area contributed by atoms with Crippen LogP contribution in [0.25, 0.3) is 0 Å². The highest BCUT2D eigenvalue weighted by Crippen LogP contribution is 2.32. The van der Waals surface area contributed by atoms with E-state index in [9.17, 15) is 4.79 Å². The standard InChI is InChI=1S/C11H18N4O/c12-9(8-1-2-8)7-11(16)15-4-3-10-13-5-6-14-10/h5-6,8-9H,1-4,7,12H2,(H,13,14)(H,15,16). The van der Waals surface area contributed by atoms with E-state index in [1.165, 1.54) is 12.8 Å². The Morgan fingerprint density at radius 1 is 1.69 bits per heavy atom. The van der Waals surface area contributed by atoms with Crippen molar-refractivity contribution in [3.8, 4) is 0 Å². The predicted molar refractivity (Wildman–Crippen MR) is 60.6 cm³/mol. The molecule has 16 heavy (non-hydrogen) atoms. The van der Waals surface area contributed by atoms with Crippen LogP contribution in [0.4, 0.5) is 0 Å². The molecule has 88 valence electrons. The average molecular weight is 222 g/mol. The molecule has 0 bridgehead atoms. The zero-order chi connectivity index (χ0) is 11.4. The van der Waals surface area contributed by atoms with Gasteiger partial charge in [-0.2, -0.15) is 0 Å².